The van der Waals surface area contributed by atoms with Crippen LogP contribution in [0.3, 0.4) is 0 Å². The van der Waals surface area contributed by atoms with E-state index in [0.29, 0.717) is 5.56 Å². The summed E-state index contributed by atoms with van der Waals surface area (Å²) in [5.74, 6) is -0.487. The van der Waals surface area contributed by atoms with Crippen molar-refractivity contribution in [3.8, 4) is 0 Å². The number of nitrogens with zero attached hydrogens (tertiary/aromatic N) is 2. The number of hydrogen-bond acceptors (Lipinski definition) is 3. The van der Waals surface area contributed by atoms with Crippen molar-refractivity contribution in [2.24, 2.45) is 0 Å². The summed E-state index contributed by atoms with van der Waals surface area (Å²) in [5, 5.41) is 9.95. The molecule has 0 fully saturated rings. The molecule has 0 N–H and O–H groups in total. The Balaban J connectivity index is 2.63. The molecule has 1 heterocycles. The molecule has 0 spiro atoms. The SMILES string of the molecule is O=[N+]([O-])CCc1ccncc1F. The third-order valence-electron chi connectivity index (χ3n) is 1.42. The fraction of sp³-hybridized carbons (Fsp3) is 0.286. The molecule has 64 valence electrons. The lowest BCUT2D eigenvalue weighted by molar-refractivity contribution is -0.479. The van der Waals surface area contributed by atoms with E-state index < -0.39 is 10.7 Å². The monoisotopic (exact) mass is 170 g/mol. The first-order valence-electron chi connectivity index (χ1n) is 3.40. The highest BCUT2D eigenvalue weighted by atomic mass is 19.1. The van der Waals surface area contributed by atoms with Crippen molar-refractivity contribution in [2.45, 2.75) is 6.42 Å². The molecule has 5 heteroatoms. The summed E-state index contributed by atoms with van der Waals surface area (Å²) < 4.78 is 12.8. The average Bonchev–Trinajstić information content (AvgIpc) is 2.03. The van der Waals surface area contributed by atoms with Gasteiger partial charge in [0, 0.05) is 17.5 Å². The van der Waals surface area contributed by atoms with Crippen LogP contribution in [0.15, 0.2) is 18.5 Å². The van der Waals surface area contributed by atoms with Crippen molar-refractivity contribution < 1.29 is 9.31 Å². The van der Waals surface area contributed by atoms with Crippen LogP contribution in [0, 0.1) is 15.9 Å². The predicted molar refractivity (Wildman–Crippen MR) is 39.8 cm³/mol. The second-order valence-corrected chi connectivity index (χ2v) is 2.27. The Labute approximate surface area is 68.2 Å². The zero-order chi connectivity index (χ0) is 8.97. The van der Waals surface area contributed by atoms with Crippen LogP contribution in [0.1, 0.15) is 5.56 Å². The van der Waals surface area contributed by atoms with E-state index >= 15 is 0 Å². The quantitative estimate of drug-likeness (QED) is 0.503. The number of pyridine rings is 1. The number of rotatable bonds is 3. The molecule has 12 heavy (non-hydrogen) atoms. The molecule has 1 aromatic rings. The van der Waals surface area contributed by atoms with Gasteiger partial charge < -0.3 is 0 Å². The third-order valence-corrected chi connectivity index (χ3v) is 1.42. The molecule has 0 saturated carbocycles. The summed E-state index contributed by atoms with van der Waals surface area (Å²) in [6.45, 7) is -0.249. The lowest BCUT2D eigenvalue weighted by Gasteiger charge is -1.96. The first-order valence-corrected chi connectivity index (χ1v) is 3.40. The molecule has 0 bridgehead atoms. The zero-order valence-electron chi connectivity index (χ0n) is 6.24. The van der Waals surface area contributed by atoms with E-state index in [9.17, 15) is 14.5 Å². The van der Waals surface area contributed by atoms with Gasteiger partial charge in [0.05, 0.1) is 6.20 Å². The van der Waals surface area contributed by atoms with Gasteiger partial charge in [-0.2, -0.15) is 0 Å². The lowest BCUT2D eigenvalue weighted by Crippen LogP contribution is -2.05. The second-order valence-electron chi connectivity index (χ2n) is 2.27. The predicted octanol–water partition coefficient (Wildman–Crippen LogP) is 1.04. The molecule has 0 aliphatic heterocycles. The molecule has 0 unspecified atom stereocenters. The van der Waals surface area contributed by atoms with E-state index in [0.717, 1.165) is 6.20 Å². The van der Waals surface area contributed by atoms with Gasteiger partial charge in [0.1, 0.15) is 5.82 Å². The van der Waals surface area contributed by atoms with E-state index in [-0.39, 0.29) is 13.0 Å². The van der Waals surface area contributed by atoms with Crippen LogP contribution in [0.5, 0.6) is 0 Å². The molecule has 4 nitrogen and oxygen atoms in total. The zero-order valence-corrected chi connectivity index (χ0v) is 6.24. The van der Waals surface area contributed by atoms with Gasteiger partial charge in [-0.15, -0.1) is 0 Å². The van der Waals surface area contributed by atoms with Crippen LogP contribution >= 0.6 is 0 Å². The summed E-state index contributed by atoms with van der Waals surface area (Å²) >= 11 is 0. The maximum atomic E-state index is 12.8. The summed E-state index contributed by atoms with van der Waals surface area (Å²) in [5.41, 5.74) is 0.335. The maximum Gasteiger partial charge on any atom is 0.208 e. The molecule has 0 radical (unpaired) electrons. The average molecular weight is 170 g/mol. The van der Waals surface area contributed by atoms with Crippen LogP contribution in [0.4, 0.5) is 4.39 Å². The third kappa shape index (κ3) is 2.26. The molecule has 1 rings (SSSR count). The minimum absolute atomic E-state index is 0.112. The lowest BCUT2D eigenvalue weighted by atomic mass is 10.2. The van der Waals surface area contributed by atoms with Crippen molar-refractivity contribution in [2.75, 3.05) is 6.54 Å². The van der Waals surface area contributed by atoms with Gasteiger partial charge in [0.25, 0.3) is 0 Å². The summed E-state index contributed by atoms with van der Waals surface area (Å²) in [6.07, 6.45) is 2.58. The highest BCUT2D eigenvalue weighted by Crippen LogP contribution is 2.04. The van der Waals surface area contributed by atoms with E-state index in [1.165, 1.54) is 12.3 Å². The van der Waals surface area contributed by atoms with Crippen molar-refractivity contribution in [3.05, 3.63) is 40.0 Å². The van der Waals surface area contributed by atoms with Crippen molar-refractivity contribution in [1.82, 2.24) is 4.98 Å². The van der Waals surface area contributed by atoms with Gasteiger partial charge in [0.2, 0.25) is 6.54 Å². The number of halogens is 1. The Bertz CT molecular complexity index is 290. The minimum Gasteiger partial charge on any atom is -0.265 e. The fourth-order valence-corrected chi connectivity index (χ4v) is 0.818. The van der Waals surface area contributed by atoms with Gasteiger partial charge >= 0.3 is 0 Å². The highest BCUT2D eigenvalue weighted by molar-refractivity contribution is 5.12. The summed E-state index contributed by atoms with van der Waals surface area (Å²) in [6, 6.07) is 1.44. The Hall–Kier alpha value is -1.52. The Morgan fingerprint density at radius 1 is 1.67 bits per heavy atom. The molecule has 0 amide bonds. The summed E-state index contributed by atoms with van der Waals surface area (Å²) in [7, 11) is 0. The standard InChI is InChI=1S/C7H7FN2O2/c8-7-5-9-3-1-6(7)2-4-10(11)12/h1,3,5H,2,4H2. The van der Waals surface area contributed by atoms with E-state index in [4.69, 9.17) is 0 Å². The summed E-state index contributed by atoms with van der Waals surface area (Å²) in [4.78, 5) is 13.0. The van der Waals surface area contributed by atoms with Crippen molar-refractivity contribution >= 4 is 0 Å². The molecule has 0 atom stereocenters. The smallest absolute Gasteiger partial charge is 0.208 e. The van der Waals surface area contributed by atoms with Crippen LogP contribution in [-0.2, 0) is 6.42 Å². The van der Waals surface area contributed by atoms with Gasteiger partial charge in [0.15, 0.2) is 0 Å². The van der Waals surface area contributed by atoms with Crippen molar-refractivity contribution in [3.63, 3.8) is 0 Å². The number of aromatic nitrogens is 1. The molecular formula is C7H7FN2O2. The largest absolute Gasteiger partial charge is 0.265 e. The molecule has 1 aromatic heterocycles. The van der Waals surface area contributed by atoms with Crippen LogP contribution in [0.25, 0.3) is 0 Å². The first-order chi connectivity index (χ1) is 5.70. The molecule has 0 aromatic carbocycles. The van der Waals surface area contributed by atoms with Crippen LogP contribution in [0.2, 0.25) is 0 Å². The van der Waals surface area contributed by atoms with E-state index in [1.807, 2.05) is 0 Å². The van der Waals surface area contributed by atoms with Crippen molar-refractivity contribution in [1.29, 1.82) is 0 Å². The minimum atomic E-state index is -0.487. The van der Waals surface area contributed by atoms with E-state index in [2.05, 4.69) is 4.98 Å². The molecule has 0 aliphatic rings. The fourth-order valence-electron chi connectivity index (χ4n) is 0.818. The molecule has 0 aliphatic carbocycles. The number of nitro groups is 1. The van der Waals surface area contributed by atoms with Gasteiger partial charge in [-0.1, -0.05) is 0 Å². The molecular weight excluding hydrogens is 163 g/mol. The van der Waals surface area contributed by atoms with Gasteiger partial charge in [-0.05, 0) is 11.6 Å². The molecule has 0 saturated heterocycles. The normalized spacial score (nSPS) is 9.75. The highest BCUT2D eigenvalue weighted by Gasteiger charge is 2.04. The Morgan fingerprint density at radius 2 is 2.42 bits per heavy atom. The Morgan fingerprint density at radius 3 is 3.00 bits per heavy atom. The van der Waals surface area contributed by atoms with Gasteiger partial charge in [-0.3, -0.25) is 15.1 Å². The maximum absolute atomic E-state index is 12.8. The number of hydrogen-bond donors (Lipinski definition) is 0. The first kappa shape index (κ1) is 8.58. The second kappa shape index (κ2) is 3.75. The van der Waals surface area contributed by atoms with Gasteiger partial charge in [-0.25, -0.2) is 4.39 Å². The van der Waals surface area contributed by atoms with Crippen LogP contribution < -0.4 is 0 Å². The Kier molecular flexibility index (Phi) is 2.68. The van der Waals surface area contributed by atoms with Crippen LogP contribution in [-0.4, -0.2) is 16.5 Å². The topological polar surface area (TPSA) is 56.0 Å². The van der Waals surface area contributed by atoms with E-state index in [1.54, 1.807) is 0 Å².